The number of aliphatic hydroxyl groups is 1. The Kier molecular flexibility index (Phi) is 4.21. The fraction of sp³-hybridized carbons (Fsp3) is 0.692. The molecule has 0 aliphatic carbocycles. The lowest BCUT2D eigenvalue weighted by atomic mass is 10.0. The van der Waals surface area contributed by atoms with Crippen molar-refractivity contribution < 1.29 is 14.4 Å². The summed E-state index contributed by atoms with van der Waals surface area (Å²) in [6, 6.07) is 1.66. The average molecular weight is 267 g/mol. The first kappa shape index (κ1) is 14.0. The van der Waals surface area contributed by atoms with Crippen LogP contribution in [0.4, 0.5) is 0 Å². The highest BCUT2D eigenvalue weighted by molar-refractivity contribution is 5.91. The zero-order valence-electron chi connectivity index (χ0n) is 11.4. The standard InChI is InChI=1S/C13H21N3O3/c1-9(2)5-10-6-11(19-16-10)12(17)15-8-13(18)3-4-14-7-13/h6,9,14,18H,3-5,7-8H2,1-2H3,(H,15,17). The smallest absolute Gasteiger partial charge is 0.290 e. The molecule has 0 bridgehead atoms. The molecule has 0 radical (unpaired) electrons. The Hall–Kier alpha value is -1.40. The third-order valence-corrected chi connectivity index (χ3v) is 3.20. The second-order valence-corrected chi connectivity index (χ2v) is 5.61. The topological polar surface area (TPSA) is 87.4 Å². The Bertz CT molecular complexity index is 436. The number of amides is 1. The monoisotopic (exact) mass is 267 g/mol. The Morgan fingerprint density at radius 1 is 1.68 bits per heavy atom. The van der Waals surface area contributed by atoms with Crippen LogP contribution in [0, 0.1) is 5.92 Å². The van der Waals surface area contributed by atoms with Crippen molar-refractivity contribution in [2.24, 2.45) is 5.92 Å². The summed E-state index contributed by atoms with van der Waals surface area (Å²) >= 11 is 0. The molecule has 1 aromatic rings. The molecule has 19 heavy (non-hydrogen) atoms. The van der Waals surface area contributed by atoms with Crippen LogP contribution in [-0.4, -0.2) is 41.4 Å². The van der Waals surface area contributed by atoms with Crippen molar-refractivity contribution in [2.45, 2.75) is 32.3 Å². The van der Waals surface area contributed by atoms with Gasteiger partial charge in [-0.15, -0.1) is 0 Å². The van der Waals surface area contributed by atoms with Gasteiger partial charge in [0, 0.05) is 19.2 Å². The van der Waals surface area contributed by atoms with Crippen molar-refractivity contribution in [1.29, 1.82) is 0 Å². The molecule has 1 saturated heterocycles. The lowest BCUT2D eigenvalue weighted by molar-refractivity contribution is 0.0551. The van der Waals surface area contributed by atoms with E-state index in [-0.39, 0.29) is 18.2 Å². The lowest BCUT2D eigenvalue weighted by Gasteiger charge is -2.20. The van der Waals surface area contributed by atoms with Crippen LogP contribution in [0.15, 0.2) is 10.6 Å². The summed E-state index contributed by atoms with van der Waals surface area (Å²) in [6.45, 7) is 5.66. The first-order valence-corrected chi connectivity index (χ1v) is 6.65. The fourth-order valence-electron chi connectivity index (χ4n) is 2.15. The number of nitrogens with zero attached hydrogens (tertiary/aromatic N) is 1. The summed E-state index contributed by atoms with van der Waals surface area (Å²) in [5.41, 5.74) is -0.0717. The van der Waals surface area contributed by atoms with E-state index in [1.807, 2.05) is 0 Å². The molecule has 1 atom stereocenters. The largest absolute Gasteiger partial charge is 0.387 e. The number of hydrogen-bond donors (Lipinski definition) is 3. The maximum atomic E-state index is 11.9. The van der Waals surface area contributed by atoms with Crippen LogP contribution in [0.1, 0.15) is 36.5 Å². The molecular weight excluding hydrogens is 246 g/mol. The maximum Gasteiger partial charge on any atom is 0.290 e. The van der Waals surface area contributed by atoms with Gasteiger partial charge in [-0.05, 0) is 25.3 Å². The Balaban J connectivity index is 1.87. The molecule has 1 aliphatic heterocycles. The number of carbonyl (C=O) groups is 1. The lowest BCUT2D eigenvalue weighted by Crippen LogP contribution is -2.44. The van der Waals surface area contributed by atoms with Gasteiger partial charge in [0.25, 0.3) is 5.91 Å². The quantitative estimate of drug-likeness (QED) is 0.715. The van der Waals surface area contributed by atoms with E-state index in [2.05, 4.69) is 29.6 Å². The highest BCUT2D eigenvalue weighted by Crippen LogP contribution is 2.13. The van der Waals surface area contributed by atoms with E-state index < -0.39 is 5.60 Å². The predicted octanol–water partition coefficient (Wildman–Crippen LogP) is 0.327. The molecule has 1 fully saturated rings. The van der Waals surface area contributed by atoms with E-state index in [4.69, 9.17) is 4.52 Å². The van der Waals surface area contributed by atoms with Crippen molar-refractivity contribution in [1.82, 2.24) is 15.8 Å². The first-order chi connectivity index (χ1) is 8.98. The van der Waals surface area contributed by atoms with E-state index in [9.17, 15) is 9.90 Å². The van der Waals surface area contributed by atoms with E-state index in [1.165, 1.54) is 0 Å². The minimum Gasteiger partial charge on any atom is -0.387 e. The minimum absolute atomic E-state index is 0.199. The summed E-state index contributed by atoms with van der Waals surface area (Å²) in [5, 5.41) is 19.7. The predicted molar refractivity (Wildman–Crippen MR) is 69.8 cm³/mol. The van der Waals surface area contributed by atoms with Crippen LogP contribution in [-0.2, 0) is 6.42 Å². The van der Waals surface area contributed by atoms with Crippen LogP contribution in [0.5, 0.6) is 0 Å². The normalized spacial score (nSPS) is 22.9. The number of aromatic nitrogens is 1. The van der Waals surface area contributed by atoms with Gasteiger partial charge in [0.15, 0.2) is 0 Å². The summed E-state index contributed by atoms with van der Waals surface area (Å²) in [6.07, 6.45) is 1.42. The van der Waals surface area contributed by atoms with Gasteiger partial charge in [-0.1, -0.05) is 19.0 Å². The zero-order valence-corrected chi connectivity index (χ0v) is 11.4. The van der Waals surface area contributed by atoms with E-state index in [1.54, 1.807) is 6.07 Å². The van der Waals surface area contributed by atoms with Crippen molar-refractivity contribution in [3.63, 3.8) is 0 Å². The molecule has 3 N–H and O–H groups in total. The summed E-state index contributed by atoms with van der Waals surface area (Å²) in [4.78, 5) is 11.9. The average Bonchev–Trinajstić information content (AvgIpc) is 2.95. The van der Waals surface area contributed by atoms with E-state index >= 15 is 0 Å². The fourth-order valence-corrected chi connectivity index (χ4v) is 2.15. The van der Waals surface area contributed by atoms with Crippen molar-refractivity contribution >= 4 is 5.91 Å². The second-order valence-electron chi connectivity index (χ2n) is 5.61. The van der Waals surface area contributed by atoms with Gasteiger partial charge in [0.05, 0.1) is 11.3 Å². The van der Waals surface area contributed by atoms with Crippen molar-refractivity contribution in [3.8, 4) is 0 Å². The molecule has 6 nitrogen and oxygen atoms in total. The third-order valence-electron chi connectivity index (χ3n) is 3.20. The number of nitrogens with one attached hydrogen (secondary N) is 2. The van der Waals surface area contributed by atoms with E-state index in [0.29, 0.717) is 18.9 Å². The van der Waals surface area contributed by atoms with Gasteiger partial charge in [-0.2, -0.15) is 0 Å². The highest BCUT2D eigenvalue weighted by atomic mass is 16.5. The van der Waals surface area contributed by atoms with Crippen molar-refractivity contribution in [2.75, 3.05) is 19.6 Å². The molecular formula is C13H21N3O3. The molecule has 106 valence electrons. The van der Waals surface area contributed by atoms with Gasteiger partial charge >= 0.3 is 0 Å². The number of carbonyl (C=O) groups excluding carboxylic acids is 1. The van der Waals surface area contributed by atoms with Crippen LogP contribution in [0.2, 0.25) is 0 Å². The Morgan fingerprint density at radius 3 is 3.11 bits per heavy atom. The molecule has 0 aromatic carbocycles. The zero-order chi connectivity index (χ0) is 13.9. The van der Waals surface area contributed by atoms with Crippen LogP contribution in [0.3, 0.4) is 0 Å². The van der Waals surface area contributed by atoms with Gasteiger partial charge in [-0.3, -0.25) is 4.79 Å². The third kappa shape index (κ3) is 3.78. The molecule has 0 spiro atoms. The molecule has 1 unspecified atom stereocenters. The van der Waals surface area contributed by atoms with Crippen LogP contribution in [0.25, 0.3) is 0 Å². The minimum atomic E-state index is -0.851. The van der Waals surface area contributed by atoms with Gasteiger partial charge < -0.3 is 20.3 Å². The van der Waals surface area contributed by atoms with Gasteiger partial charge in [0.2, 0.25) is 5.76 Å². The molecule has 1 aliphatic rings. The van der Waals surface area contributed by atoms with Gasteiger partial charge in [-0.25, -0.2) is 0 Å². The molecule has 1 amide bonds. The highest BCUT2D eigenvalue weighted by Gasteiger charge is 2.31. The summed E-state index contributed by atoms with van der Waals surface area (Å²) in [7, 11) is 0. The summed E-state index contributed by atoms with van der Waals surface area (Å²) < 4.78 is 5.02. The van der Waals surface area contributed by atoms with Crippen LogP contribution >= 0.6 is 0 Å². The second kappa shape index (κ2) is 5.71. The van der Waals surface area contributed by atoms with Crippen LogP contribution < -0.4 is 10.6 Å². The maximum absolute atomic E-state index is 11.9. The number of rotatable bonds is 5. The molecule has 6 heteroatoms. The Labute approximate surface area is 112 Å². The molecule has 1 aromatic heterocycles. The molecule has 2 rings (SSSR count). The van der Waals surface area contributed by atoms with Crippen molar-refractivity contribution in [3.05, 3.63) is 17.5 Å². The number of hydrogen-bond acceptors (Lipinski definition) is 5. The Morgan fingerprint density at radius 2 is 2.47 bits per heavy atom. The number of β-amino-alcohol motifs (C(OH)–C–C–N with tert-alkyl or cyclic N) is 1. The summed E-state index contributed by atoms with van der Waals surface area (Å²) in [5.74, 6) is 0.333. The van der Waals surface area contributed by atoms with E-state index in [0.717, 1.165) is 18.7 Å². The van der Waals surface area contributed by atoms with Gasteiger partial charge in [0.1, 0.15) is 0 Å². The first-order valence-electron chi connectivity index (χ1n) is 6.65. The molecule has 2 heterocycles. The molecule has 0 saturated carbocycles. The SMILES string of the molecule is CC(C)Cc1cc(C(=O)NCC2(O)CCNC2)on1.